The summed E-state index contributed by atoms with van der Waals surface area (Å²) in [6.07, 6.45) is 19.6. The van der Waals surface area contributed by atoms with Gasteiger partial charge in [-0.2, -0.15) is 0 Å². The van der Waals surface area contributed by atoms with Crippen LogP contribution >= 0.6 is 0 Å². The van der Waals surface area contributed by atoms with E-state index in [1.54, 1.807) is 72.8 Å². The van der Waals surface area contributed by atoms with Crippen molar-refractivity contribution >= 4 is 222 Å². The van der Waals surface area contributed by atoms with E-state index < -0.39 is 0 Å². The molecule has 10 aromatic carbocycles. The van der Waals surface area contributed by atoms with E-state index in [0.717, 1.165) is 113 Å². The van der Waals surface area contributed by atoms with Crippen LogP contribution in [0.25, 0.3) is 21.8 Å². The molecular weight excluding hydrogens is 1850 g/mol. The SMILES string of the molecule is CN(C)c1ccc2[nH+]ccc(Nc3ccc(NC(=O)c4ccc(Nc5cc[n+](C)cc5)cc4)cc3)c2c1.CN(C)c1ccc2[nH+]ccc(Nc3ccc(NC(=O)c4cccc(Nc5cc[n+](C)cc5)c4)cc3)c2c1.C[n+]1ccc(Nc2ccc(C(=O)Nc3ccc(N)cc3)cc2)cc1.C[n+]1ccc(Nc2cccc(C(=O)Nc3ccc(N)cc3)c2)cc1.[Cl-].[Cl-].[Cl-].[Cl-].[Cl-].[Cl-].[H-].[K+].[K][K]. The Morgan fingerprint density at radius 2 is 0.519 bits per heavy atom. The molecule has 0 unspecified atom stereocenters. The molecule has 16 rings (SSSR count). The first-order valence-corrected chi connectivity index (χ1v) is 56.3. The van der Waals surface area contributed by atoms with Crippen molar-refractivity contribution in [2.75, 3.05) is 103 Å². The van der Waals surface area contributed by atoms with Crippen molar-refractivity contribution in [1.82, 2.24) is 0 Å². The van der Waals surface area contributed by atoms with Gasteiger partial charge in [-0.25, -0.2) is 28.2 Å². The molecule has 0 radical (unpaired) electrons. The summed E-state index contributed by atoms with van der Waals surface area (Å²) in [4.78, 5) is 61.1. The molecule has 6 heterocycles. The molecule has 660 valence electrons. The number of aromatic nitrogens is 6. The molecule has 0 aliphatic heterocycles. The summed E-state index contributed by atoms with van der Waals surface area (Å²) < 4.78 is 7.87. The van der Waals surface area contributed by atoms with E-state index in [1.807, 2.05) is 319 Å². The average Bonchev–Trinajstić information content (AvgIpc) is 0.856. The number of aromatic amines is 2. The Kier molecular flexibility index (Phi) is 47.9. The van der Waals surface area contributed by atoms with Crippen LogP contribution in [0.3, 0.4) is 0 Å². The van der Waals surface area contributed by atoms with Crippen molar-refractivity contribution < 1.29 is 175 Å². The zero-order chi connectivity index (χ0) is 87.4. The molecule has 6 aromatic heterocycles. The molecule has 0 spiro atoms. The Hall–Kier alpha value is -9.85. The fraction of sp³-hybridized carbons (Fsp3) is 0.0816. The van der Waals surface area contributed by atoms with Gasteiger partial charge in [0.05, 0.1) is 44.9 Å². The average molecular weight is 1950 g/mol. The second-order valence-corrected chi connectivity index (χ2v) is 29.3. The zero-order valence-electron chi connectivity index (χ0n) is 75.2. The van der Waals surface area contributed by atoms with Crippen molar-refractivity contribution in [3.63, 3.8) is 0 Å². The predicted octanol–water partition coefficient (Wildman–Crippen LogP) is -4.87. The number of nitrogens with one attached hydrogen (secondary N) is 12. The van der Waals surface area contributed by atoms with Gasteiger partial charge in [0.1, 0.15) is 28.2 Å². The predicted molar refractivity (Wildman–Crippen MR) is 505 cm³/mol. The van der Waals surface area contributed by atoms with Gasteiger partial charge in [0.2, 0.25) is 11.0 Å². The number of H-pyrrole nitrogens is 2. The monoisotopic (exact) mass is 1950 g/mol. The van der Waals surface area contributed by atoms with Gasteiger partial charge in [-0.15, -0.1) is 0 Å². The summed E-state index contributed by atoms with van der Waals surface area (Å²) in [7, 11) is 16.0. The van der Waals surface area contributed by atoms with Crippen LogP contribution in [0.5, 0.6) is 0 Å². The van der Waals surface area contributed by atoms with E-state index >= 15 is 0 Å². The second-order valence-electron chi connectivity index (χ2n) is 29.3. The summed E-state index contributed by atoms with van der Waals surface area (Å²) in [6, 6.07) is 91.7. The number of rotatable bonds is 22. The van der Waals surface area contributed by atoms with Gasteiger partial charge in [0.25, 0.3) is 23.6 Å². The standard InChI is InChI=1S/2C30H28N6O.2C19H18N4O.6ClH.3K.H/c1-35(2)26-12-13-28-27(20-26)29(14-17-31-28)33-23-8-10-24(11-9-23)34-30(37)21-4-6-22(7-5-21)32-25-15-18-36(3)19-16-25;1-35(2)26-11-12-28-27(20-26)29(13-16-31-28)33-22-7-9-23(10-8-22)34-30(37)21-5-4-6-25(19-21)32-24-14-17-36(3)18-15-24;1-23-12-10-18(11-13-23)21-16-6-2-14(3-7-16)19(24)22-17-8-4-15(20)5-9-17;1-23-11-9-17(10-12-23)21-18-4-2-3-14(13-18)19(24)22-16-7-5-15(20)6-8-16;;;;;;;;;;/h2*4-20H,1-3H3,(H2,31,33,34,37);2*2-13H,20H2,1H3,(H,22,24);6*1H;;;;/q;;;;;;;;;;;;+1;-1. The van der Waals surface area contributed by atoms with Crippen LogP contribution in [0.2, 0.25) is 0 Å². The summed E-state index contributed by atoms with van der Waals surface area (Å²) >= 11 is 2.50. The molecule has 0 fully saturated rings. The molecular formula is C98H99Cl6K3N20O4. The first kappa shape index (κ1) is 112. The van der Waals surface area contributed by atoms with E-state index in [0.29, 0.717) is 45.0 Å². The summed E-state index contributed by atoms with van der Waals surface area (Å²) in [6.45, 7) is 0. The molecule has 16 aromatic rings. The zero-order valence-corrected chi connectivity index (χ0v) is 88.1. The van der Waals surface area contributed by atoms with Crippen molar-refractivity contribution in [2.45, 2.75) is 0 Å². The molecule has 0 aliphatic rings. The number of hydrogen-bond donors (Lipinski definition) is 12. The summed E-state index contributed by atoms with van der Waals surface area (Å²) in [5, 5.41) is 34.1. The van der Waals surface area contributed by atoms with Gasteiger partial charge in [0.15, 0.2) is 62.0 Å². The third-order valence-corrected chi connectivity index (χ3v) is 19.4. The normalized spacial score (nSPS) is 9.83. The Bertz CT molecular complexity index is 6310. The Labute approximate surface area is 890 Å². The number of benzene rings is 10. The fourth-order valence-corrected chi connectivity index (χ4v) is 12.6. The number of fused-ring (bicyclic) bond motifs is 2. The van der Waals surface area contributed by atoms with E-state index in [-0.39, 0.29) is 151 Å². The van der Waals surface area contributed by atoms with Crippen LogP contribution in [0.4, 0.5) is 114 Å². The molecule has 4 amide bonds. The van der Waals surface area contributed by atoms with Gasteiger partial charge in [-0.1, -0.05) is 12.1 Å². The quantitative estimate of drug-likeness (QED) is 0.0172. The van der Waals surface area contributed by atoms with Crippen LogP contribution in [-0.2, 0) is 28.2 Å². The van der Waals surface area contributed by atoms with Gasteiger partial charge in [0, 0.05) is 203 Å². The number of hydrogen-bond acceptors (Lipinski definition) is 14. The Morgan fingerprint density at radius 3 is 0.802 bits per heavy atom. The number of halogens is 6. The van der Waals surface area contributed by atoms with Crippen molar-refractivity contribution in [1.29, 1.82) is 0 Å². The third-order valence-electron chi connectivity index (χ3n) is 19.4. The van der Waals surface area contributed by atoms with Gasteiger partial charge in [-0.3, -0.25) is 19.2 Å². The van der Waals surface area contributed by atoms with Crippen LogP contribution in [0.15, 0.2) is 353 Å². The molecule has 0 saturated carbocycles. The number of carbonyl (C=O) groups excluding carboxylic acids is 4. The number of nitrogens with two attached hydrogens (primary N) is 2. The summed E-state index contributed by atoms with van der Waals surface area (Å²) in [5.41, 5.74) is 33.6. The molecule has 0 aliphatic carbocycles. The number of nitrogen functional groups attached to an aromatic ring is 2. The van der Waals surface area contributed by atoms with E-state index in [2.05, 4.69) is 109 Å². The minimum atomic E-state index is -0.164. The van der Waals surface area contributed by atoms with Gasteiger partial charge < -0.3 is 150 Å². The third kappa shape index (κ3) is 34.6. The van der Waals surface area contributed by atoms with Crippen molar-refractivity contribution in [2.24, 2.45) is 28.2 Å². The van der Waals surface area contributed by atoms with Crippen molar-refractivity contribution in [3.8, 4) is 0 Å². The molecule has 131 heavy (non-hydrogen) atoms. The van der Waals surface area contributed by atoms with Crippen LogP contribution in [0.1, 0.15) is 42.9 Å². The van der Waals surface area contributed by atoms with E-state index in [1.165, 1.54) is 63.2 Å². The number of amides is 4. The first-order chi connectivity index (χ1) is 60.1. The maximum absolute atomic E-state index is 12.9. The number of nitrogens with zero attached hydrogens (tertiary/aromatic N) is 6. The number of aryl methyl sites for hydroxylation is 4. The molecule has 16 N–H and O–H groups in total. The number of pyridine rings is 6. The Balaban J connectivity index is 0.000000365. The summed E-state index contributed by atoms with van der Waals surface area (Å²) in [5.74, 6) is -0.634. The molecule has 33 heteroatoms. The second kappa shape index (κ2) is 56.2. The number of anilines is 20. The maximum atomic E-state index is 12.9. The number of carbonyl (C=O) groups is 4. The van der Waals surface area contributed by atoms with Crippen LogP contribution < -0.4 is 228 Å². The van der Waals surface area contributed by atoms with Crippen molar-refractivity contribution in [3.05, 3.63) is 375 Å². The topological polar surface area (TPSA) is 291 Å². The van der Waals surface area contributed by atoms with E-state index in [4.69, 9.17) is 11.5 Å². The van der Waals surface area contributed by atoms with Gasteiger partial charge >= 0.3 is 115 Å². The Morgan fingerprint density at radius 1 is 0.282 bits per heavy atom. The molecule has 0 bridgehead atoms. The van der Waals surface area contributed by atoms with E-state index in [9.17, 15) is 19.2 Å². The van der Waals surface area contributed by atoms with Gasteiger partial charge in [-0.05, 0) is 206 Å². The minimum absolute atomic E-state index is 0. The fourth-order valence-electron chi connectivity index (χ4n) is 12.6. The first-order valence-electron chi connectivity index (χ1n) is 40.3. The van der Waals surface area contributed by atoms with Crippen LogP contribution in [0, 0.1) is 0 Å². The molecule has 24 nitrogen and oxygen atoms in total. The molecule has 0 saturated heterocycles. The molecule has 0 atom stereocenters. The van der Waals surface area contributed by atoms with Crippen LogP contribution in [-0.4, -0.2) is 115 Å².